The van der Waals surface area contributed by atoms with Gasteiger partial charge in [0.2, 0.25) is 0 Å². The van der Waals surface area contributed by atoms with E-state index in [1.807, 2.05) is 18.3 Å². The molecule has 1 unspecified atom stereocenters. The fraction of sp³-hybridized carbons (Fsp3) is 0.250. The van der Waals surface area contributed by atoms with Gasteiger partial charge >= 0.3 is 0 Å². The Morgan fingerprint density at radius 2 is 2.10 bits per heavy atom. The summed E-state index contributed by atoms with van der Waals surface area (Å²) in [5.41, 5.74) is 4.80. The topological polar surface area (TPSA) is 33.6 Å². The van der Waals surface area contributed by atoms with Crippen LogP contribution in [0.15, 0.2) is 42.6 Å². The molecule has 3 aromatic rings. The van der Waals surface area contributed by atoms with Crippen LogP contribution in [0.3, 0.4) is 0 Å². The molecule has 1 atom stereocenters. The third-order valence-corrected chi connectivity index (χ3v) is 4.42. The molecule has 2 aromatic heterocycles. The van der Waals surface area contributed by atoms with Crippen molar-refractivity contribution in [3.05, 3.63) is 58.5 Å². The van der Waals surface area contributed by atoms with Crippen molar-refractivity contribution < 1.29 is 0 Å². The molecule has 4 rings (SSSR count). The van der Waals surface area contributed by atoms with Crippen LogP contribution in [0.4, 0.5) is 0 Å². The van der Waals surface area contributed by atoms with Crippen molar-refractivity contribution in [1.29, 1.82) is 0 Å². The maximum Gasteiger partial charge on any atom is 0.179 e. The zero-order chi connectivity index (χ0) is 13.5. The van der Waals surface area contributed by atoms with Crippen molar-refractivity contribution in [1.82, 2.24) is 14.5 Å². The first-order chi connectivity index (χ1) is 9.84. The number of fused-ring (bicyclic) bond motifs is 2. The summed E-state index contributed by atoms with van der Waals surface area (Å²) < 4.78 is 2.95. The molecule has 2 heterocycles. The molecule has 1 aromatic carbocycles. The van der Waals surface area contributed by atoms with Crippen LogP contribution in [0.25, 0.3) is 11.2 Å². The van der Waals surface area contributed by atoms with Crippen molar-refractivity contribution in [2.45, 2.75) is 25.3 Å². The van der Waals surface area contributed by atoms with Gasteiger partial charge in [-0.15, -0.1) is 0 Å². The first-order valence-corrected chi connectivity index (χ1v) is 7.38. The lowest BCUT2D eigenvalue weighted by atomic mass is 9.87. The number of hydrogen-bond donors (Lipinski definition) is 1. The molecule has 0 amide bonds. The van der Waals surface area contributed by atoms with Crippen LogP contribution in [-0.4, -0.2) is 14.5 Å². The number of aromatic amines is 1. The lowest BCUT2D eigenvalue weighted by molar-refractivity contribution is 0.493. The molecule has 3 nitrogen and oxygen atoms in total. The number of aryl methyl sites for hydroxylation is 1. The van der Waals surface area contributed by atoms with E-state index in [2.05, 4.69) is 38.8 Å². The van der Waals surface area contributed by atoms with Crippen LogP contribution < -0.4 is 0 Å². The van der Waals surface area contributed by atoms with E-state index in [0.29, 0.717) is 6.04 Å². The van der Waals surface area contributed by atoms with Crippen LogP contribution >= 0.6 is 12.2 Å². The van der Waals surface area contributed by atoms with Crippen molar-refractivity contribution in [2.24, 2.45) is 0 Å². The van der Waals surface area contributed by atoms with Crippen LogP contribution in [0.2, 0.25) is 0 Å². The number of nitrogens with one attached hydrogen (secondary N) is 1. The Morgan fingerprint density at radius 3 is 3.05 bits per heavy atom. The first-order valence-electron chi connectivity index (χ1n) is 6.97. The predicted octanol–water partition coefficient (Wildman–Crippen LogP) is 4.02. The second-order valence-electron chi connectivity index (χ2n) is 5.28. The molecule has 0 bridgehead atoms. The quantitative estimate of drug-likeness (QED) is 0.683. The van der Waals surface area contributed by atoms with E-state index in [9.17, 15) is 0 Å². The van der Waals surface area contributed by atoms with E-state index in [-0.39, 0.29) is 0 Å². The molecule has 1 N–H and O–H groups in total. The molecule has 1 aliphatic rings. The summed E-state index contributed by atoms with van der Waals surface area (Å²) in [4.78, 5) is 7.79. The Morgan fingerprint density at radius 1 is 1.20 bits per heavy atom. The van der Waals surface area contributed by atoms with Gasteiger partial charge in [-0.05, 0) is 54.7 Å². The molecule has 0 radical (unpaired) electrons. The summed E-state index contributed by atoms with van der Waals surface area (Å²) in [5.74, 6) is 0. The smallest absolute Gasteiger partial charge is 0.179 e. The number of rotatable bonds is 1. The summed E-state index contributed by atoms with van der Waals surface area (Å²) in [7, 11) is 0. The van der Waals surface area contributed by atoms with E-state index in [1.165, 1.54) is 17.5 Å². The average molecular weight is 281 g/mol. The highest BCUT2D eigenvalue weighted by atomic mass is 32.1. The molecule has 0 fully saturated rings. The summed E-state index contributed by atoms with van der Waals surface area (Å²) in [6.45, 7) is 0. The molecular weight excluding hydrogens is 266 g/mol. The van der Waals surface area contributed by atoms with Gasteiger partial charge in [-0.1, -0.05) is 24.3 Å². The van der Waals surface area contributed by atoms with Crippen molar-refractivity contribution in [3.63, 3.8) is 0 Å². The van der Waals surface area contributed by atoms with E-state index >= 15 is 0 Å². The zero-order valence-corrected chi connectivity index (χ0v) is 11.9. The van der Waals surface area contributed by atoms with Gasteiger partial charge in [0.1, 0.15) is 0 Å². The van der Waals surface area contributed by atoms with E-state index in [4.69, 9.17) is 12.2 Å². The largest absolute Gasteiger partial charge is 0.329 e. The highest BCUT2D eigenvalue weighted by Crippen LogP contribution is 2.34. The third-order valence-electron chi connectivity index (χ3n) is 4.12. The van der Waals surface area contributed by atoms with E-state index < -0.39 is 0 Å². The molecule has 0 saturated heterocycles. The van der Waals surface area contributed by atoms with Crippen LogP contribution in [0, 0.1) is 4.77 Å². The van der Waals surface area contributed by atoms with Crippen LogP contribution in [-0.2, 0) is 6.42 Å². The van der Waals surface area contributed by atoms with Crippen molar-refractivity contribution in [3.8, 4) is 0 Å². The van der Waals surface area contributed by atoms with E-state index in [1.54, 1.807) is 0 Å². The van der Waals surface area contributed by atoms with Gasteiger partial charge in [0.15, 0.2) is 10.4 Å². The number of benzene rings is 1. The number of pyridine rings is 1. The fourth-order valence-corrected chi connectivity index (χ4v) is 3.57. The Hall–Kier alpha value is -1.94. The molecule has 20 heavy (non-hydrogen) atoms. The minimum atomic E-state index is 0.302. The van der Waals surface area contributed by atoms with Gasteiger partial charge in [-0.3, -0.25) is 4.57 Å². The monoisotopic (exact) mass is 281 g/mol. The highest BCUT2D eigenvalue weighted by molar-refractivity contribution is 7.71. The van der Waals surface area contributed by atoms with Crippen LogP contribution in [0.1, 0.15) is 30.0 Å². The minimum Gasteiger partial charge on any atom is -0.329 e. The molecular formula is C16H15N3S. The SMILES string of the molecule is S=c1[nH]c2cccnc2n1C1CCCc2ccccc21. The Kier molecular flexibility index (Phi) is 2.70. The number of H-pyrrole nitrogens is 1. The predicted molar refractivity (Wildman–Crippen MR) is 82.4 cm³/mol. The second-order valence-corrected chi connectivity index (χ2v) is 5.67. The molecule has 0 saturated carbocycles. The average Bonchev–Trinajstić information content (AvgIpc) is 2.82. The van der Waals surface area contributed by atoms with Gasteiger partial charge in [0.25, 0.3) is 0 Å². The Labute approximate surface area is 122 Å². The standard InChI is InChI=1S/C16H15N3S/c20-16-18-13-8-4-10-17-15(13)19(16)14-9-3-6-11-5-1-2-7-12(11)14/h1-2,4-5,7-8,10,14H,3,6,9H2,(H,18,20). The third kappa shape index (κ3) is 1.72. The lowest BCUT2D eigenvalue weighted by Gasteiger charge is -2.26. The Balaban J connectivity index is 1.97. The normalized spacial score (nSPS) is 18.1. The van der Waals surface area contributed by atoms with Gasteiger partial charge in [-0.2, -0.15) is 0 Å². The van der Waals surface area contributed by atoms with Crippen molar-refractivity contribution in [2.75, 3.05) is 0 Å². The molecule has 1 aliphatic carbocycles. The van der Waals surface area contributed by atoms with Crippen molar-refractivity contribution >= 4 is 23.4 Å². The van der Waals surface area contributed by atoms with Crippen LogP contribution in [0.5, 0.6) is 0 Å². The number of nitrogens with zero attached hydrogens (tertiary/aromatic N) is 2. The summed E-state index contributed by atoms with van der Waals surface area (Å²) in [6.07, 6.45) is 5.31. The van der Waals surface area contributed by atoms with Gasteiger partial charge in [0, 0.05) is 6.20 Å². The first kappa shape index (κ1) is 11.9. The van der Waals surface area contributed by atoms with Gasteiger partial charge in [0.05, 0.1) is 11.6 Å². The van der Waals surface area contributed by atoms with E-state index in [0.717, 1.165) is 28.8 Å². The maximum atomic E-state index is 5.53. The maximum absolute atomic E-state index is 5.53. The fourth-order valence-electron chi connectivity index (χ4n) is 3.24. The number of aromatic nitrogens is 3. The molecule has 100 valence electrons. The van der Waals surface area contributed by atoms with Gasteiger partial charge in [-0.25, -0.2) is 4.98 Å². The Bertz CT molecular complexity index is 831. The molecule has 0 aliphatic heterocycles. The second kappa shape index (κ2) is 4.56. The summed E-state index contributed by atoms with van der Waals surface area (Å²) in [6, 6.07) is 13.0. The number of hydrogen-bond acceptors (Lipinski definition) is 2. The zero-order valence-electron chi connectivity index (χ0n) is 11.0. The molecule has 0 spiro atoms. The van der Waals surface area contributed by atoms with Gasteiger partial charge < -0.3 is 4.98 Å². The lowest BCUT2D eigenvalue weighted by Crippen LogP contribution is -2.17. The number of imidazole rings is 1. The summed E-state index contributed by atoms with van der Waals surface area (Å²) in [5, 5.41) is 0. The molecule has 4 heteroatoms. The minimum absolute atomic E-state index is 0.302. The highest BCUT2D eigenvalue weighted by Gasteiger charge is 2.23. The summed E-state index contributed by atoms with van der Waals surface area (Å²) >= 11 is 5.53.